The number of ether oxygens (including phenoxy) is 1. The molecule has 0 fully saturated rings. The smallest absolute Gasteiger partial charge is 0.200 e. The number of hydrogen-bond donors (Lipinski definition) is 0. The van der Waals surface area contributed by atoms with Crippen molar-refractivity contribution in [2.24, 2.45) is 0 Å². The van der Waals surface area contributed by atoms with Crippen LogP contribution in [0.25, 0.3) is 0 Å². The van der Waals surface area contributed by atoms with E-state index in [1.54, 1.807) is 12.1 Å². The monoisotopic (exact) mass is 313 g/mol. The topological polar surface area (TPSA) is 67.2 Å². The third-order valence-electron chi connectivity index (χ3n) is 3.05. The number of aryl methyl sites for hydroxylation is 1. The fourth-order valence-electron chi connectivity index (χ4n) is 1.85. The molecule has 0 bridgehead atoms. The zero-order valence-electron chi connectivity index (χ0n) is 12.1. The van der Waals surface area contributed by atoms with E-state index < -0.39 is 9.84 Å². The van der Waals surface area contributed by atoms with Gasteiger partial charge in [0, 0.05) is 11.5 Å². The van der Waals surface area contributed by atoms with Crippen LogP contribution in [0.1, 0.15) is 11.1 Å². The van der Waals surface area contributed by atoms with Crippen molar-refractivity contribution >= 4 is 9.84 Å². The van der Waals surface area contributed by atoms with Crippen LogP contribution in [0, 0.1) is 18.3 Å². The summed E-state index contributed by atoms with van der Waals surface area (Å²) in [4.78, 5) is 0.104. The summed E-state index contributed by atoms with van der Waals surface area (Å²) in [6, 6.07) is 16.0. The first-order chi connectivity index (χ1) is 10.5. The molecule has 0 amide bonds. The minimum atomic E-state index is -3.63. The average Bonchev–Trinajstić information content (AvgIpc) is 2.53. The molecule has 0 aliphatic rings. The summed E-state index contributed by atoms with van der Waals surface area (Å²) in [6.07, 6.45) is 0.944. The molecule has 0 aliphatic heterocycles. The Morgan fingerprint density at radius 3 is 2.59 bits per heavy atom. The Bertz CT molecular complexity index is 819. The molecule has 0 aromatic heterocycles. The van der Waals surface area contributed by atoms with Gasteiger partial charge in [0.2, 0.25) is 9.84 Å². The summed E-state index contributed by atoms with van der Waals surface area (Å²) in [6.45, 7) is 2.21. The van der Waals surface area contributed by atoms with E-state index in [2.05, 4.69) is 0 Å². The molecule has 0 radical (unpaired) electrons. The molecule has 4 nitrogen and oxygen atoms in total. The Labute approximate surface area is 130 Å². The highest BCUT2D eigenvalue weighted by Crippen LogP contribution is 2.24. The average molecular weight is 313 g/mol. The Morgan fingerprint density at radius 1 is 1.18 bits per heavy atom. The number of sulfone groups is 1. The van der Waals surface area contributed by atoms with E-state index in [9.17, 15) is 8.42 Å². The maximum Gasteiger partial charge on any atom is 0.200 e. The molecule has 0 unspecified atom stereocenters. The van der Waals surface area contributed by atoms with Crippen molar-refractivity contribution < 1.29 is 13.2 Å². The third-order valence-corrected chi connectivity index (χ3v) is 4.45. The van der Waals surface area contributed by atoms with E-state index in [0.29, 0.717) is 12.4 Å². The molecule has 0 atom stereocenters. The van der Waals surface area contributed by atoms with Gasteiger partial charge >= 0.3 is 0 Å². The summed E-state index contributed by atoms with van der Waals surface area (Å²) >= 11 is 0. The summed E-state index contributed by atoms with van der Waals surface area (Å²) in [5, 5.41) is 9.35. The van der Waals surface area contributed by atoms with Gasteiger partial charge in [-0.2, -0.15) is 5.26 Å². The van der Waals surface area contributed by atoms with Crippen molar-refractivity contribution in [3.05, 3.63) is 71.1 Å². The molecule has 0 spiro atoms. The predicted molar refractivity (Wildman–Crippen MR) is 83.9 cm³/mol. The van der Waals surface area contributed by atoms with Crippen LogP contribution in [-0.4, -0.2) is 8.42 Å². The normalized spacial score (nSPS) is 11.3. The number of hydrogen-bond acceptors (Lipinski definition) is 4. The molecule has 2 aromatic rings. The molecule has 5 heteroatoms. The number of benzene rings is 2. The van der Waals surface area contributed by atoms with E-state index in [1.807, 2.05) is 37.3 Å². The van der Waals surface area contributed by atoms with E-state index in [4.69, 9.17) is 10.00 Å². The van der Waals surface area contributed by atoms with Gasteiger partial charge in [-0.3, -0.25) is 0 Å². The van der Waals surface area contributed by atoms with Gasteiger partial charge in [-0.05, 0) is 30.2 Å². The first kappa shape index (κ1) is 15.8. The van der Waals surface area contributed by atoms with Gasteiger partial charge < -0.3 is 4.74 Å². The van der Waals surface area contributed by atoms with Gasteiger partial charge in [-0.25, -0.2) is 8.42 Å². The zero-order valence-corrected chi connectivity index (χ0v) is 12.9. The molecular weight excluding hydrogens is 298 g/mol. The molecule has 0 heterocycles. The van der Waals surface area contributed by atoms with Crippen molar-refractivity contribution in [3.8, 4) is 11.8 Å². The highest BCUT2D eigenvalue weighted by atomic mass is 32.2. The first-order valence-corrected chi connectivity index (χ1v) is 8.16. The second-order valence-corrected chi connectivity index (χ2v) is 6.51. The van der Waals surface area contributed by atoms with E-state index in [1.165, 1.54) is 12.1 Å². The minimum Gasteiger partial charge on any atom is -0.489 e. The summed E-state index contributed by atoms with van der Waals surface area (Å²) in [5.41, 5.74) is 1.85. The maximum absolute atomic E-state index is 12.0. The van der Waals surface area contributed by atoms with Crippen molar-refractivity contribution in [1.82, 2.24) is 0 Å². The summed E-state index contributed by atoms with van der Waals surface area (Å²) < 4.78 is 29.8. The van der Waals surface area contributed by atoms with Crippen LogP contribution in [0.5, 0.6) is 5.75 Å². The highest BCUT2D eigenvalue weighted by Gasteiger charge is 2.13. The molecule has 0 saturated heterocycles. The van der Waals surface area contributed by atoms with Crippen LogP contribution in [0.2, 0.25) is 0 Å². The van der Waals surface area contributed by atoms with Gasteiger partial charge in [0.1, 0.15) is 12.4 Å². The fourth-order valence-corrected chi connectivity index (χ4v) is 2.77. The molecule has 2 rings (SSSR count). The SMILES string of the molecule is Cc1ccc(S(=O)(=O)/C=C/C#N)cc1OCc1ccccc1. The van der Waals surface area contributed by atoms with E-state index >= 15 is 0 Å². The Kier molecular flexibility index (Phi) is 4.97. The lowest BCUT2D eigenvalue weighted by Gasteiger charge is -2.10. The lowest BCUT2D eigenvalue weighted by Crippen LogP contribution is -2.00. The zero-order chi connectivity index (χ0) is 16.0. The second kappa shape index (κ2) is 6.92. The quantitative estimate of drug-likeness (QED) is 0.794. The van der Waals surface area contributed by atoms with Crippen molar-refractivity contribution in [2.75, 3.05) is 0 Å². The maximum atomic E-state index is 12.0. The first-order valence-electron chi connectivity index (χ1n) is 6.61. The third kappa shape index (κ3) is 3.96. The number of nitriles is 1. The van der Waals surface area contributed by atoms with Crippen molar-refractivity contribution in [1.29, 1.82) is 5.26 Å². The van der Waals surface area contributed by atoms with Crippen LogP contribution < -0.4 is 4.74 Å². The number of allylic oxidation sites excluding steroid dienone is 1. The fraction of sp³-hybridized carbons (Fsp3) is 0.118. The van der Waals surface area contributed by atoms with Gasteiger partial charge in [0.05, 0.1) is 11.0 Å². The lowest BCUT2D eigenvalue weighted by molar-refractivity contribution is 0.303. The Hall–Kier alpha value is -2.58. The van der Waals surface area contributed by atoms with Gasteiger partial charge in [0.25, 0.3) is 0 Å². The largest absolute Gasteiger partial charge is 0.489 e. The van der Waals surface area contributed by atoms with Crippen LogP contribution in [0.15, 0.2) is 64.9 Å². The minimum absolute atomic E-state index is 0.104. The van der Waals surface area contributed by atoms with E-state index in [0.717, 1.165) is 22.6 Å². The Morgan fingerprint density at radius 2 is 1.91 bits per heavy atom. The molecule has 0 saturated carbocycles. The van der Waals surface area contributed by atoms with Crippen LogP contribution >= 0.6 is 0 Å². The van der Waals surface area contributed by atoms with Crippen molar-refractivity contribution in [3.63, 3.8) is 0 Å². The molecule has 0 N–H and O–H groups in total. The Balaban J connectivity index is 2.24. The predicted octanol–water partition coefficient (Wildman–Crippen LogP) is 3.39. The molecule has 22 heavy (non-hydrogen) atoms. The lowest BCUT2D eigenvalue weighted by atomic mass is 10.2. The van der Waals surface area contributed by atoms with Crippen LogP contribution in [0.3, 0.4) is 0 Å². The summed E-state index contributed by atoms with van der Waals surface area (Å²) in [7, 11) is -3.63. The second-order valence-electron chi connectivity index (χ2n) is 4.68. The van der Waals surface area contributed by atoms with Crippen LogP contribution in [0.4, 0.5) is 0 Å². The van der Waals surface area contributed by atoms with Gasteiger partial charge in [-0.15, -0.1) is 0 Å². The van der Waals surface area contributed by atoms with Crippen molar-refractivity contribution in [2.45, 2.75) is 18.4 Å². The van der Waals surface area contributed by atoms with Gasteiger partial charge in [-0.1, -0.05) is 36.4 Å². The molecule has 112 valence electrons. The highest BCUT2D eigenvalue weighted by molar-refractivity contribution is 7.94. The molecule has 2 aromatic carbocycles. The molecule has 0 aliphatic carbocycles. The van der Waals surface area contributed by atoms with Crippen LogP contribution in [-0.2, 0) is 16.4 Å². The number of rotatable bonds is 5. The van der Waals surface area contributed by atoms with E-state index in [-0.39, 0.29) is 4.90 Å². The summed E-state index contributed by atoms with van der Waals surface area (Å²) in [5.74, 6) is 0.510. The standard InChI is InChI=1S/C17H15NO3S/c1-14-8-9-16(22(19,20)11-5-10-18)12-17(14)21-13-15-6-3-2-4-7-15/h2-9,11-12H,13H2,1H3/b11-5+. The number of nitrogens with zero attached hydrogens (tertiary/aromatic N) is 1. The van der Waals surface area contributed by atoms with Gasteiger partial charge in [0.15, 0.2) is 0 Å². The molecular formula is C17H15NO3S.